The number of likely N-dealkylation sites (tertiary alicyclic amines) is 1. The smallest absolute Gasteiger partial charge is 0.227 e. The number of piperidine rings is 1. The summed E-state index contributed by atoms with van der Waals surface area (Å²) in [5.41, 5.74) is 5.99. The molecule has 0 unspecified atom stereocenters. The van der Waals surface area contributed by atoms with Crippen molar-refractivity contribution in [1.29, 1.82) is 0 Å². The van der Waals surface area contributed by atoms with Gasteiger partial charge in [-0.15, -0.1) is 0 Å². The van der Waals surface area contributed by atoms with Crippen molar-refractivity contribution in [1.82, 2.24) is 4.90 Å². The van der Waals surface area contributed by atoms with E-state index in [4.69, 9.17) is 22.1 Å². The summed E-state index contributed by atoms with van der Waals surface area (Å²) in [5.74, 6) is 0.330. The molecule has 3 rings (SSSR count). The van der Waals surface area contributed by atoms with Crippen LogP contribution in [0.3, 0.4) is 0 Å². The number of benzene rings is 2. The first-order chi connectivity index (χ1) is 13.9. The van der Waals surface area contributed by atoms with Crippen LogP contribution in [0.5, 0.6) is 5.75 Å². The van der Waals surface area contributed by atoms with E-state index < -0.39 is 5.41 Å². The van der Waals surface area contributed by atoms with E-state index in [0.717, 1.165) is 22.9 Å². The van der Waals surface area contributed by atoms with Gasteiger partial charge in [0.25, 0.3) is 0 Å². The first kappa shape index (κ1) is 21.7. The molecule has 0 spiro atoms. The van der Waals surface area contributed by atoms with Gasteiger partial charge in [0.15, 0.2) is 0 Å². The fourth-order valence-corrected chi connectivity index (χ4v) is 4.34. The summed E-state index contributed by atoms with van der Waals surface area (Å²) in [6.07, 6.45) is 2.08. The second-order valence-corrected chi connectivity index (χ2v) is 8.86. The van der Waals surface area contributed by atoms with E-state index in [1.165, 1.54) is 0 Å². The van der Waals surface area contributed by atoms with Crippen molar-refractivity contribution in [2.45, 2.75) is 25.7 Å². The Hall–Kier alpha value is -2.05. The second kappa shape index (κ2) is 9.63. The molecule has 1 atom stereocenters. The summed E-state index contributed by atoms with van der Waals surface area (Å²) in [6, 6.07) is 14.8. The largest absolute Gasteiger partial charge is 0.493 e. The van der Waals surface area contributed by atoms with Gasteiger partial charge in [0.05, 0.1) is 13.0 Å². The van der Waals surface area contributed by atoms with Crippen molar-refractivity contribution in [2.75, 3.05) is 19.7 Å². The maximum Gasteiger partial charge on any atom is 0.227 e. The molecule has 0 radical (unpaired) electrons. The molecule has 7 heteroatoms. The number of carbonyl (C=O) groups is 2. The van der Waals surface area contributed by atoms with E-state index >= 15 is 0 Å². The molecule has 0 aromatic heterocycles. The topological polar surface area (TPSA) is 72.6 Å². The Kier molecular flexibility index (Phi) is 7.19. The molecule has 0 aliphatic carbocycles. The van der Waals surface area contributed by atoms with Crippen LogP contribution >= 0.6 is 27.5 Å². The molecule has 154 valence electrons. The maximum atomic E-state index is 12.9. The molecule has 29 heavy (non-hydrogen) atoms. The molecular formula is C22H24BrClN2O3. The number of halogens is 2. The van der Waals surface area contributed by atoms with Crippen molar-refractivity contribution >= 4 is 39.3 Å². The monoisotopic (exact) mass is 478 g/mol. The number of ether oxygens (including phenoxy) is 1. The van der Waals surface area contributed by atoms with E-state index in [0.29, 0.717) is 36.9 Å². The quantitative estimate of drug-likeness (QED) is 0.646. The number of rotatable bonds is 7. The lowest BCUT2D eigenvalue weighted by Gasteiger charge is -2.42. The van der Waals surface area contributed by atoms with Crippen molar-refractivity contribution in [2.24, 2.45) is 11.1 Å². The van der Waals surface area contributed by atoms with Crippen molar-refractivity contribution in [3.05, 3.63) is 63.6 Å². The zero-order chi connectivity index (χ0) is 20.9. The minimum atomic E-state index is -0.493. The summed E-state index contributed by atoms with van der Waals surface area (Å²) in [4.78, 5) is 26.5. The molecule has 1 aliphatic heterocycles. The van der Waals surface area contributed by atoms with E-state index in [2.05, 4.69) is 15.9 Å². The summed E-state index contributed by atoms with van der Waals surface area (Å²) >= 11 is 9.42. The van der Waals surface area contributed by atoms with Gasteiger partial charge < -0.3 is 15.4 Å². The minimum Gasteiger partial charge on any atom is -0.493 e. The van der Waals surface area contributed by atoms with Crippen LogP contribution in [-0.4, -0.2) is 36.4 Å². The summed E-state index contributed by atoms with van der Waals surface area (Å²) in [5, 5.41) is 0.630. The Labute approximate surface area is 184 Å². The van der Waals surface area contributed by atoms with Crippen LogP contribution in [0.25, 0.3) is 0 Å². The molecule has 2 N–H and O–H groups in total. The fraction of sp³-hybridized carbons (Fsp3) is 0.364. The molecular weight excluding hydrogens is 456 g/mol. The summed E-state index contributed by atoms with van der Waals surface area (Å²) in [6.45, 7) is 1.44. The van der Waals surface area contributed by atoms with Crippen LogP contribution in [0.2, 0.25) is 5.02 Å². The Morgan fingerprint density at radius 3 is 2.59 bits per heavy atom. The highest BCUT2D eigenvalue weighted by Gasteiger charge is 2.39. The van der Waals surface area contributed by atoms with Gasteiger partial charge in [-0.1, -0.05) is 45.7 Å². The van der Waals surface area contributed by atoms with Crippen LogP contribution in [0.15, 0.2) is 53.0 Å². The van der Waals surface area contributed by atoms with Gasteiger partial charge in [-0.3, -0.25) is 9.59 Å². The van der Waals surface area contributed by atoms with Gasteiger partial charge >= 0.3 is 0 Å². The predicted molar refractivity (Wildman–Crippen MR) is 117 cm³/mol. The minimum absolute atomic E-state index is 0.0388. The third-order valence-electron chi connectivity index (χ3n) is 5.22. The third kappa shape index (κ3) is 5.97. The standard InChI is InChI=1S/C22H24BrClN2O3/c23-19-5-2-1-4-16(19)12-21(28)26-11-3-10-22(14-26,13-20(25)27)15-29-18-8-6-17(24)7-9-18/h1-2,4-9H,3,10-15H2,(H2,25,27)/t22-/m0/s1. The number of hydrogen-bond acceptors (Lipinski definition) is 3. The van der Waals surface area contributed by atoms with E-state index in [1.807, 2.05) is 29.2 Å². The lowest BCUT2D eigenvalue weighted by Crippen LogP contribution is -2.50. The summed E-state index contributed by atoms with van der Waals surface area (Å²) < 4.78 is 6.87. The van der Waals surface area contributed by atoms with Gasteiger partial charge in [-0.25, -0.2) is 0 Å². The predicted octanol–water partition coefficient (Wildman–Crippen LogP) is 4.21. The van der Waals surface area contributed by atoms with E-state index in [9.17, 15) is 9.59 Å². The van der Waals surface area contributed by atoms with Crippen LogP contribution in [0, 0.1) is 5.41 Å². The number of hydrogen-bond donors (Lipinski definition) is 1. The number of carbonyl (C=O) groups excluding carboxylic acids is 2. The zero-order valence-electron chi connectivity index (χ0n) is 16.1. The van der Waals surface area contributed by atoms with Crippen LogP contribution in [0.4, 0.5) is 0 Å². The van der Waals surface area contributed by atoms with Crippen molar-refractivity contribution in [3.63, 3.8) is 0 Å². The third-order valence-corrected chi connectivity index (χ3v) is 6.25. The SMILES string of the molecule is NC(=O)C[C@@]1(COc2ccc(Cl)cc2)CCCN(C(=O)Cc2ccccc2Br)C1. The average molecular weight is 480 g/mol. The first-order valence-corrected chi connectivity index (χ1v) is 10.7. The molecule has 2 aromatic carbocycles. The van der Waals surface area contributed by atoms with Crippen LogP contribution in [-0.2, 0) is 16.0 Å². The first-order valence-electron chi connectivity index (χ1n) is 9.55. The Bertz CT molecular complexity index is 875. The molecule has 1 heterocycles. The van der Waals surface area contributed by atoms with E-state index in [-0.39, 0.29) is 18.2 Å². The van der Waals surface area contributed by atoms with Crippen molar-refractivity contribution < 1.29 is 14.3 Å². The van der Waals surface area contributed by atoms with Crippen molar-refractivity contribution in [3.8, 4) is 5.75 Å². The number of amides is 2. The highest BCUT2D eigenvalue weighted by Crippen LogP contribution is 2.35. The van der Waals surface area contributed by atoms with Gasteiger partial charge in [-0.2, -0.15) is 0 Å². The number of primary amides is 1. The Morgan fingerprint density at radius 1 is 1.17 bits per heavy atom. The Balaban J connectivity index is 1.71. The molecule has 2 aromatic rings. The van der Waals surface area contributed by atoms with Gasteiger partial charge in [0, 0.05) is 34.4 Å². The van der Waals surface area contributed by atoms with Gasteiger partial charge in [0.1, 0.15) is 5.75 Å². The van der Waals surface area contributed by atoms with Crippen LogP contribution < -0.4 is 10.5 Å². The number of nitrogens with two attached hydrogens (primary N) is 1. The molecule has 0 saturated carbocycles. The molecule has 1 fully saturated rings. The van der Waals surface area contributed by atoms with Gasteiger partial charge in [-0.05, 0) is 48.7 Å². The molecule has 5 nitrogen and oxygen atoms in total. The molecule has 2 amide bonds. The molecule has 1 saturated heterocycles. The maximum absolute atomic E-state index is 12.9. The molecule has 0 bridgehead atoms. The van der Waals surface area contributed by atoms with E-state index in [1.54, 1.807) is 24.3 Å². The second-order valence-electron chi connectivity index (χ2n) is 7.57. The average Bonchev–Trinajstić information content (AvgIpc) is 2.69. The Morgan fingerprint density at radius 2 is 1.90 bits per heavy atom. The summed E-state index contributed by atoms with van der Waals surface area (Å²) in [7, 11) is 0. The highest BCUT2D eigenvalue weighted by molar-refractivity contribution is 9.10. The number of nitrogens with zero attached hydrogens (tertiary/aromatic N) is 1. The van der Waals surface area contributed by atoms with Gasteiger partial charge in [0.2, 0.25) is 11.8 Å². The molecule has 1 aliphatic rings. The zero-order valence-corrected chi connectivity index (χ0v) is 18.4. The normalized spacial score (nSPS) is 19.0. The fourth-order valence-electron chi connectivity index (χ4n) is 3.79. The lowest BCUT2D eigenvalue weighted by molar-refractivity contribution is -0.136. The van der Waals surface area contributed by atoms with Crippen LogP contribution in [0.1, 0.15) is 24.8 Å². The highest BCUT2D eigenvalue weighted by atomic mass is 79.9. The lowest BCUT2D eigenvalue weighted by atomic mass is 9.77.